The number of ether oxygens (including phenoxy) is 2. The summed E-state index contributed by atoms with van der Waals surface area (Å²) in [5, 5.41) is 0. The van der Waals surface area contributed by atoms with Crippen molar-refractivity contribution in [2.75, 3.05) is 13.7 Å². The molecule has 0 bridgehead atoms. The number of hydrogen-bond donors (Lipinski definition) is 0. The first-order valence-corrected chi connectivity index (χ1v) is 7.60. The lowest BCUT2D eigenvalue weighted by Gasteiger charge is -2.15. The first kappa shape index (κ1) is 14.6. The lowest BCUT2D eigenvalue weighted by molar-refractivity contribution is -0.141. The third-order valence-corrected chi connectivity index (χ3v) is 4.24. The van der Waals surface area contributed by atoms with E-state index < -0.39 is 0 Å². The van der Waals surface area contributed by atoms with Crippen molar-refractivity contribution in [3.63, 3.8) is 0 Å². The molecule has 2 atom stereocenters. The van der Waals surface area contributed by atoms with Crippen molar-refractivity contribution in [3.8, 4) is 5.75 Å². The van der Waals surface area contributed by atoms with E-state index in [2.05, 4.69) is 12.1 Å². The third kappa shape index (κ3) is 3.30. The van der Waals surface area contributed by atoms with E-state index in [1.165, 1.54) is 5.56 Å². The fraction of sp³-hybridized carbons (Fsp3) is 0.316. The second kappa shape index (κ2) is 6.65. The van der Waals surface area contributed by atoms with Crippen molar-refractivity contribution < 1.29 is 14.3 Å². The molecule has 3 heteroatoms. The lowest BCUT2D eigenvalue weighted by atomic mass is 9.85. The molecule has 1 heterocycles. The van der Waals surface area contributed by atoms with Crippen molar-refractivity contribution in [1.29, 1.82) is 0 Å². The molecule has 3 nitrogen and oxygen atoms in total. The van der Waals surface area contributed by atoms with Crippen LogP contribution >= 0.6 is 0 Å². The SMILES string of the molecule is COc1cccc(C[C@H]2C(=O)OC[C@@H]2Cc2ccccc2)c1. The zero-order valence-electron chi connectivity index (χ0n) is 12.7. The molecule has 0 aliphatic carbocycles. The molecular weight excluding hydrogens is 276 g/mol. The van der Waals surface area contributed by atoms with Crippen LogP contribution in [0.2, 0.25) is 0 Å². The molecule has 1 aliphatic heterocycles. The Bertz CT molecular complexity index is 636. The molecule has 0 N–H and O–H groups in total. The quantitative estimate of drug-likeness (QED) is 0.794. The van der Waals surface area contributed by atoms with Crippen LogP contribution in [0.3, 0.4) is 0 Å². The second-order valence-corrected chi connectivity index (χ2v) is 5.74. The second-order valence-electron chi connectivity index (χ2n) is 5.74. The van der Waals surface area contributed by atoms with Gasteiger partial charge in [0.05, 0.1) is 19.6 Å². The van der Waals surface area contributed by atoms with Crippen molar-refractivity contribution >= 4 is 5.97 Å². The number of benzene rings is 2. The topological polar surface area (TPSA) is 35.5 Å². The summed E-state index contributed by atoms with van der Waals surface area (Å²) in [5.74, 6) is 0.903. The zero-order chi connectivity index (χ0) is 15.4. The summed E-state index contributed by atoms with van der Waals surface area (Å²) in [6.45, 7) is 0.516. The molecule has 0 spiro atoms. The molecule has 22 heavy (non-hydrogen) atoms. The smallest absolute Gasteiger partial charge is 0.309 e. The van der Waals surface area contributed by atoms with Crippen molar-refractivity contribution in [1.82, 2.24) is 0 Å². The van der Waals surface area contributed by atoms with Crippen LogP contribution in [-0.2, 0) is 22.4 Å². The Morgan fingerprint density at radius 2 is 1.82 bits per heavy atom. The van der Waals surface area contributed by atoms with Gasteiger partial charge in [0, 0.05) is 5.92 Å². The molecule has 114 valence electrons. The monoisotopic (exact) mass is 296 g/mol. The summed E-state index contributed by atoms with van der Waals surface area (Å²) in [6.07, 6.45) is 1.58. The first-order chi connectivity index (χ1) is 10.8. The van der Waals surface area contributed by atoms with E-state index in [9.17, 15) is 4.79 Å². The number of esters is 1. The average Bonchev–Trinajstić information content (AvgIpc) is 2.89. The summed E-state index contributed by atoms with van der Waals surface area (Å²) in [5.41, 5.74) is 2.36. The number of carbonyl (C=O) groups is 1. The van der Waals surface area contributed by atoms with Gasteiger partial charge in [-0.1, -0.05) is 42.5 Å². The Kier molecular flexibility index (Phi) is 4.42. The van der Waals surface area contributed by atoms with Crippen LogP contribution in [0, 0.1) is 11.8 Å². The Labute approximate surface area is 130 Å². The number of methoxy groups -OCH3 is 1. The largest absolute Gasteiger partial charge is 0.497 e. The lowest BCUT2D eigenvalue weighted by Crippen LogP contribution is -2.20. The molecule has 0 radical (unpaired) electrons. The number of rotatable bonds is 5. The van der Waals surface area contributed by atoms with E-state index in [4.69, 9.17) is 9.47 Å². The average molecular weight is 296 g/mol. The van der Waals surface area contributed by atoms with Gasteiger partial charge in [-0.15, -0.1) is 0 Å². The van der Waals surface area contributed by atoms with Gasteiger partial charge in [-0.3, -0.25) is 4.79 Å². The minimum Gasteiger partial charge on any atom is -0.497 e. The van der Waals surface area contributed by atoms with Gasteiger partial charge in [-0.2, -0.15) is 0 Å². The van der Waals surface area contributed by atoms with Gasteiger partial charge in [0.25, 0.3) is 0 Å². The summed E-state index contributed by atoms with van der Waals surface area (Å²) in [7, 11) is 1.65. The van der Waals surface area contributed by atoms with E-state index in [1.807, 2.05) is 42.5 Å². The molecule has 1 saturated heterocycles. The highest BCUT2D eigenvalue weighted by Gasteiger charge is 2.36. The van der Waals surface area contributed by atoms with E-state index in [0.717, 1.165) is 17.7 Å². The molecule has 1 fully saturated rings. The summed E-state index contributed by atoms with van der Waals surface area (Å²) in [4.78, 5) is 12.1. The van der Waals surface area contributed by atoms with E-state index >= 15 is 0 Å². The number of carbonyl (C=O) groups excluding carboxylic acids is 1. The van der Waals surface area contributed by atoms with Gasteiger partial charge in [0.15, 0.2) is 0 Å². The van der Waals surface area contributed by atoms with Crippen LogP contribution in [0.1, 0.15) is 11.1 Å². The van der Waals surface area contributed by atoms with Crippen LogP contribution in [0.25, 0.3) is 0 Å². The predicted octanol–water partition coefficient (Wildman–Crippen LogP) is 3.27. The molecule has 0 aromatic heterocycles. The first-order valence-electron chi connectivity index (χ1n) is 7.60. The Hall–Kier alpha value is -2.29. The maximum absolute atomic E-state index is 12.1. The molecule has 1 aliphatic rings. The Morgan fingerprint density at radius 1 is 1.05 bits per heavy atom. The minimum atomic E-state index is -0.0799. The molecule has 0 unspecified atom stereocenters. The zero-order valence-corrected chi connectivity index (χ0v) is 12.7. The highest BCUT2D eigenvalue weighted by atomic mass is 16.5. The van der Waals surface area contributed by atoms with Crippen LogP contribution in [-0.4, -0.2) is 19.7 Å². The van der Waals surface area contributed by atoms with Gasteiger partial charge >= 0.3 is 5.97 Å². The van der Waals surface area contributed by atoms with Crippen molar-refractivity contribution in [2.45, 2.75) is 12.8 Å². The van der Waals surface area contributed by atoms with Gasteiger partial charge in [-0.25, -0.2) is 0 Å². The van der Waals surface area contributed by atoms with Crippen LogP contribution in [0.4, 0.5) is 0 Å². The summed E-state index contributed by atoms with van der Waals surface area (Å²) < 4.78 is 10.6. The molecule has 2 aromatic rings. The molecule has 0 saturated carbocycles. The van der Waals surface area contributed by atoms with Crippen LogP contribution < -0.4 is 4.74 Å². The van der Waals surface area contributed by atoms with Gasteiger partial charge in [0.2, 0.25) is 0 Å². The number of cyclic esters (lactones) is 1. The van der Waals surface area contributed by atoms with Crippen molar-refractivity contribution in [2.24, 2.45) is 11.8 Å². The fourth-order valence-corrected chi connectivity index (χ4v) is 3.03. The van der Waals surface area contributed by atoms with Gasteiger partial charge in [-0.05, 0) is 36.1 Å². The van der Waals surface area contributed by atoms with E-state index in [1.54, 1.807) is 7.11 Å². The minimum absolute atomic E-state index is 0.0766. The highest BCUT2D eigenvalue weighted by molar-refractivity contribution is 5.75. The maximum atomic E-state index is 12.1. The molecular formula is C19H20O3. The number of hydrogen-bond acceptors (Lipinski definition) is 3. The standard InChI is InChI=1S/C19H20O3/c1-21-17-9-5-8-15(11-17)12-18-16(13-22-19(18)20)10-14-6-3-2-4-7-14/h2-9,11,16,18H,10,12-13H2,1H3/t16-,18+/m0/s1. The Morgan fingerprint density at radius 3 is 2.59 bits per heavy atom. The third-order valence-electron chi connectivity index (χ3n) is 4.24. The predicted molar refractivity (Wildman–Crippen MR) is 84.8 cm³/mol. The molecule has 0 amide bonds. The molecule has 2 aromatic carbocycles. The Balaban J connectivity index is 1.73. The van der Waals surface area contributed by atoms with Crippen LogP contribution in [0.5, 0.6) is 5.75 Å². The van der Waals surface area contributed by atoms with E-state index in [-0.39, 0.29) is 17.8 Å². The highest BCUT2D eigenvalue weighted by Crippen LogP contribution is 2.29. The fourth-order valence-electron chi connectivity index (χ4n) is 3.03. The maximum Gasteiger partial charge on any atom is 0.309 e. The van der Waals surface area contributed by atoms with Crippen molar-refractivity contribution in [3.05, 3.63) is 65.7 Å². The summed E-state index contributed by atoms with van der Waals surface area (Å²) >= 11 is 0. The normalized spacial score (nSPS) is 20.7. The summed E-state index contributed by atoms with van der Waals surface area (Å²) in [6, 6.07) is 18.2. The van der Waals surface area contributed by atoms with Gasteiger partial charge in [0.1, 0.15) is 5.75 Å². The van der Waals surface area contributed by atoms with Crippen LogP contribution in [0.15, 0.2) is 54.6 Å². The molecule has 3 rings (SSSR count). The van der Waals surface area contributed by atoms with Gasteiger partial charge < -0.3 is 9.47 Å². The van der Waals surface area contributed by atoms with E-state index in [0.29, 0.717) is 13.0 Å².